The van der Waals surface area contributed by atoms with Crippen molar-refractivity contribution in [2.45, 2.75) is 13.5 Å². The fourth-order valence-electron chi connectivity index (χ4n) is 1.64. The molecule has 0 fully saturated rings. The lowest BCUT2D eigenvalue weighted by molar-refractivity contribution is 0.0697. The minimum atomic E-state index is -1.02. The van der Waals surface area contributed by atoms with E-state index in [2.05, 4.69) is 10.6 Å². The first-order valence-electron chi connectivity index (χ1n) is 5.97. The van der Waals surface area contributed by atoms with E-state index in [1.807, 2.05) is 17.5 Å². The fourth-order valence-corrected chi connectivity index (χ4v) is 2.28. The maximum absolute atomic E-state index is 11.8. The molecule has 1 aromatic heterocycles. The Morgan fingerprint density at radius 1 is 1.30 bits per heavy atom. The van der Waals surface area contributed by atoms with Gasteiger partial charge in [-0.05, 0) is 36.1 Å². The van der Waals surface area contributed by atoms with Gasteiger partial charge in [-0.3, -0.25) is 0 Å². The number of urea groups is 1. The van der Waals surface area contributed by atoms with E-state index in [1.54, 1.807) is 24.3 Å². The third-order valence-corrected chi connectivity index (χ3v) is 3.61. The molecule has 0 unspecified atom stereocenters. The summed E-state index contributed by atoms with van der Waals surface area (Å²) in [6.07, 6.45) is 0. The third-order valence-electron chi connectivity index (χ3n) is 2.74. The molecule has 5 nitrogen and oxygen atoms in total. The Morgan fingerprint density at radius 2 is 2.10 bits per heavy atom. The summed E-state index contributed by atoms with van der Waals surface area (Å²) in [5, 5.41) is 16.3. The van der Waals surface area contributed by atoms with Crippen LogP contribution < -0.4 is 10.6 Å². The summed E-state index contributed by atoms with van der Waals surface area (Å²) < 4.78 is 0. The average molecular weight is 290 g/mol. The summed E-state index contributed by atoms with van der Waals surface area (Å²) in [6, 6.07) is 8.11. The van der Waals surface area contributed by atoms with Gasteiger partial charge in [0.05, 0.1) is 12.1 Å². The van der Waals surface area contributed by atoms with E-state index < -0.39 is 5.97 Å². The minimum absolute atomic E-state index is 0.143. The van der Waals surface area contributed by atoms with Crippen LogP contribution in [-0.4, -0.2) is 17.1 Å². The summed E-state index contributed by atoms with van der Waals surface area (Å²) in [5.41, 5.74) is 1.44. The Bertz CT molecular complexity index is 623. The van der Waals surface area contributed by atoms with E-state index in [0.717, 1.165) is 10.4 Å². The largest absolute Gasteiger partial charge is 0.478 e. The number of benzene rings is 1. The molecule has 1 aromatic carbocycles. The Balaban J connectivity index is 2.00. The van der Waals surface area contributed by atoms with E-state index in [0.29, 0.717) is 12.2 Å². The monoisotopic (exact) mass is 290 g/mol. The Kier molecular flexibility index (Phi) is 4.37. The van der Waals surface area contributed by atoms with Crippen molar-refractivity contribution in [3.63, 3.8) is 0 Å². The standard InChI is InChI=1S/C14H14N2O3S/c1-9-4-5-10(13(17)18)7-12(9)16-14(19)15-8-11-3-2-6-20-11/h2-7H,8H2,1H3,(H,17,18)(H2,15,16,19). The van der Waals surface area contributed by atoms with Crippen LogP contribution in [0.25, 0.3) is 0 Å². The second kappa shape index (κ2) is 6.21. The Labute approximate surface area is 120 Å². The zero-order valence-corrected chi connectivity index (χ0v) is 11.7. The van der Waals surface area contributed by atoms with E-state index in [1.165, 1.54) is 12.1 Å². The van der Waals surface area contributed by atoms with Crippen molar-refractivity contribution in [2.75, 3.05) is 5.32 Å². The van der Waals surface area contributed by atoms with Crippen molar-refractivity contribution >= 4 is 29.0 Å². The highest BCUT2D eigenvalue weighted by molar-refractivity contribution is 7.09. The van der Waals surface area contributed by atoms with Crippen LogP contribution in [0.1, 0.15) is 20.8 Å². The van der Waals surface area contributed by atoms with Gasteiger partial charge >= 0.3 is 12.0 Å². The van der Waals surface area contributed by atoms with Gasteiger partial charge in [-0.1, -0.05) is 12.1 Å². The summed E-state index contributed by atoms with van der Waals surface area (Å²) in [5.74, 6) is -1.02. The average Bonchev–Trinajstić information content (AvgIpc) is 2.92. The molecule has 0 saturated carbocycles. The highest BCUT2D eigenvalue weighted by Crippen LogP contribution is 2.17. The number of nitrogens with one attached hydrogen (secondary N) is 2. The lowest BCUT2D eigenvalue weighted by atomic mass is 10.1. The number of carboxylic acid groups (broad SMARTS) is 1. The lowest BCUT2D eigenvalue weighted by Crippen LogP contribution is -2.28. The number of carbonyl (C=O) groups is 2. The van der Waals surface area contributed by atoms with Crippen molar-refractivity contribution in [2.24, 2.45) is 0 Å². The number of carbonyl (C=O) groups excluding carboxylic acids is 1. The first-order valence-corrected chi connectivity index (χ1v) is 6.85. The molecule has 3 N–H and O–H groups in total. The molecule has 0 aliphatic rings. The van der Waals surface area contributed by atoms with E-state index in [-0.39, 0.29) is 11.6 Å². The molecular weight excluding hydrogens is 276 g/mol. The van der Waals surface area contributed by atoms with Crippen molar-refractivity contribution in [3.8, 4) is 0 Å². The quantitative estimate of drug-likeness (QED) is 0.809. The highest BCUT2D eigenvalue weighted by atomic mass is 32.1. The molecule has 20 heavy (non-hydrogen) atoms. The van der Waals surface area contributed by atoms with E-state index >= 15 is 0 Å². The number of carboxylic acids is 1. The number of hydrogen-bond donors (Lipinski definition) is 3. The fraction of sp³-hybridized carbons (Fsp3) is 0.143. The van der Waals surface area contributed by atoms with Crippen LogP contribution in [0.3, 0.4) is 0 Å². The molecule has 2 amide bonds. The van der Waals surface area contributed by atoms with Crippen LogP contribution in [-0.2, 0) is 6.54 Å². The van der Waals surface area contributed by atoms with Gasteiger partial charge in [0.15, 0.2) is 0 Å². The lowest BCUT2D eigenvalue weighted by Gasteiger charge is -2.10. The molecule has 0 radical (unpaired) electrons. The van der Waals surface area contributed by atoms with Crippen LogP contribution in [0.2, 0.25) is 0 Å². The van der Waals surface area contributed by atoms with Gasteiger partial charge in [-0.15, -0.1) is 11.3 Å². The smallest absolute Gasteiger partial charge is 0.335 e. The number of hydrogen-bond acceptors (Lipinski definition) is 3. The summed E-state index contributed by atoms with van der Waals surface area (Å²) >= 11 is 1.56. The summed E-state index contributed by atoms with van der Waals surface area (Å²) in [4.78, 5) is 23.7. The molecule has 0 aliphatic heterocycles. The molecule has 0 aliphatic carbocycles. The Hall–Kier alpha value is -2.34. The molecule has 2 aromatic rings. The van der Waals surface area contributed by atoms with Crippen LogP contribution in [0.5, 0.6) is 0 Å². The van der Waals surface area contributed by atoms with Gasteiger partial charge in [-0.25, -0.2) is 9.59 Å². The molecule has 0 spiro atoms. The molecule has 104 valence electrons. The molecule has 0 saturated heterocycles. The molecular formula is C14H14N2O3S. The van der Waals surface area contributed by atoms with Crippen molar-refractivity contribution < 1.29 is 14.7 Å². The van der Waals surface area contributed by atoms with Crippen LogP contribution in [0.4, 0.5) is 10.5 Å². The van der Waals surface area contributed by atoms with Gasteiger partial charge < -0.3 is 15.7 Å². The van der Waals surface area contributed by atoms with Crippen LogP contribution in [0.15, 0.2) is 35.7 Å². The highest BCUT2D eigenvalue weighted by Gasteiger charge is 2.09. The number of aryl methyl sites for hydroxylation is 1. The van der Waals surface area contributed by atoms with Gasteiger partial charge in [0, 0.05) is 10.6 Å². The molecule has 0 bridgehead atoms. The number of aromatic carboxylic acids is 1. The zero-order valence-electron chi connectivity index (χ0n) is 10.8. The zero-order chi connectivity index (χ0) is 14.5. The van der Waals surface area contributed by atoms with Gasteiger partial charge in [-0.2, -0.15) is 0 Å². The van der Waals surface area contributed by atoms with E-state index in [4.69, 9.17) is 5.11 Å². The van der Waals surface area contributed by atoms with Gasteiger partial charge in [0.2, 0.25) is 0 Å². The predicted octanol–water partition coefficient (Wildman–Crippen LogP) is 3.08. The maximum atomic E-state index is 11.8. The predicted molar refractivity (Wildman–Crippen MR) is 78.3 cm³/mol. The molecule has 2 rings (SSSR count). The topological polar surface area (TPSA) is 78.4 Å². The number of rotatable bonds is 4. The van der Waals surface area contributed by atoms with Crippen molar-refractivity contribution in [1.29, 1.82) is 0 Å². The maximum Gasteiger partial charge on any atom is 0.335 e. The normalized spacial score (nSPS) is 10.1. The molecule has 0 atom stereocenters. The van der Waals surface area contributed by atoms with Crippen LogP contribution in [0, 0.1) is 6.92 Å². The summed E-state index contributed by atoms with van der Waals surface area (Å²) in [7, 11) is 0. The number of amides is 2. The molecule has 1 heterocycles. The Morgan fingerprint density at radius 3 is 2.75 bits per heavy atom. The van der Waals surface area contributed by atoms with Crippen molar-refractivity contribution in [1.82, 2.24) is 5.32 Å². The second-order valence-corrected chi connectivity index (χ2v) is 5.25. The number of anilines is 1. The van der Waals surface area contributed by atoms with Gasteiger partial charge in [0.1, 0.15) is 0 Å². The molecule has 6 heteroatoms. The van der Waals surface area contributed by atoms with Crippen molar-refractivity contribution in [3.05, 3.63) is 51.7 Å². The second-order valence-electron chi connectivity index (χ2n) is 4.22. The van der Waals surface area contributed by atoms with Crippen LogP contribution >= 0.6 is 11.3 Å². The SMILES string of the molecule is Cc1ccc(C(=O)O)cc1NC(=O)NCc1cccs1. The first kappa shape index (κ1) is 14.1. The van der Waals surface area contributed by atoms with Gasteiger partial charge in [0.25, 0.3) is 0 Å². The number of thiophene rings is 1. The third kappa shape index (κ3) is 3.58. The minimum Gasteiger partial charge on any atom is -0.478 e. The summed E-state index contributed by atoms with van der Waals surface area (Å²) in [6.45, 7) is 2.25. The van der Waals surface area contributed by atoms with E-state index in [9.17, 15) is 9.59 Å². The first-order chi connectivity index (χ1) is 9.56.